The van der Waals surface area contributed by atoms with Gasteiger partial charge in [-0.05, 0) is 64.1 Å². The van der Waals surface area contributed by atoms with Gasteiger partial charge in [0.2, 0.25) is 17.7 Å². The molecule has 2 saturated heterocycles. The summed E-state index contributed by atoms with van der Waals surface area (Å²) in [5, 5.41) is 3.09. The van der Waals surface area contributed by atoms with Crippen molar-refractivity contribution < 1.29 is 23.9 Å². The van der Waals surface area contributed by atoms with E-state index in [-0.39, 0.29) is 48.2 Å². The zero-order valence-electron chi connectivity index (χ0n) is 25.8. The summed E-state index contributed by atoms with van der Waals surface area (Å²) in [6.07, 6.45) is 5.26. The number of hydrogen-bond donors (Lipinski definition) is 1. The molecule has 0 spiro atoms. The Morgan fingerprint density at radius 2 is 1.56 bits per heavy atom. The molecule has 10 heteroatoms. The van der Waals surface area contributed by atoms with Gasteiger partial charge >= 0.3 is 5.97 Å². The van der Waals surface area contributed by atoms with Crippen molar-refractivity contribution in [3.05, 3.63) is 0 Å². The Bertz CT molecular complexity index is 857. The zero-order valence-corrected chi connectivity index (χ0v) is 25.8. The number of likely N-dealkylation sites (N-methyl/N-ethyl adjacent to an activating group) is 3. The first-order valence-electron chi connectivity index (χ1n) is 14.5. The molecule has 224 valence electrons. The number of piperidine rings is 2. The van der Waals surface area contributed by atoms with Crippen LogP contribution >= 0.6 is 0 Å². The van der Waals surface area contributed by atoms with E-state index in [4.69, 9.17) is 4.74 Å². The second-order valence-corrected chi connectivity index (χ2v) is 12.9. The molecule has 0 aromatic heterocycles. The molecule has 0 aliphatic carbocycles. The summed E-state index contributed by atoms with van der Waals surface area (Å²) in [7, 11) is 6.97. The highest BCUT2D eigenvalue weighted by molar-refractivity contribution is 5.90. The van der Waals surface area contributed by atoms with Gasteiger partial charge in [-0.3, -0.25) is 24.2 Å². The lowest BCUT2D eigenvalue weighted by molar-refractivity contribution is -0.155. The van der Waals surface area contributed by atoms with E-state index in [1.54, 1.807) is 16.8 Å². The summed E-state index contributed by atoms with van der Waals surface area (Å²) < 4.78 is 4.93. The lowest BCUT2D eigenvalue weighted by Gasteiger charge is -2.41. The molecule has 2 fully saturated rings. The van der Waals surface area contributed by atoms with Crippen LogP contribution in [0.1, 0.15) is 73.1 Å². The molecule has 2 unspecified atom stereocenters. The highest BCUT2D eigenvalue weighted by Crippen LogP contribution is 2.25. The predicted octanol–water partition coefficient (Wildman–Crippen LogP) is 1.97. The van der Waals surface area contributed by atoms with E-state index < -0.39 is 17.5 Å². The van der Waals surface area contributed by atoms with Crippen LogP contribution in [-0.4, -0.2) is 122 Å². The maximum Gasteiger partial charge on any atom is 0.328 e. The topological polar surface area (TPSA) is 102 Å². The van der Waals surface area contributed by atoms with Gasteiger partial charge in [0.05, 0.1) is 19.7 Å². The molecule has 1 N–H and O–H groups in total. The quantitative estimate of drug-likeness (QED) is 0.414. The maximum absolute atomic E-state index is 13.9. The Morgan fingerprint density at radius 1 is 0.974 bits per heavy atom. The molecular formula is C29H53N5O5. The number of esters is 1. The summed E-state index contributed by atoms with van der Waals surface area (Å²) in [6, 6.07) is -1.60. The van der Waals surface area contributed by atoms with Gasteiger partial charge < -0.3 is 19.9 Å². The minimum atomic E-state index is -0.673. The van der Waals surface area contributed by atoms with Gasteiger partial charge in [0.25, 0.3) is 0 Å². The maximum atomic E-state index is 13.9. The normalized spacial score (nSPS) is 22.4. The van der Waals surface area contributed by atoms with Gasteiger partial charge in [0.1, 0.15) is 12.1 Å². The number of carbonyl (C=O) groups excluding carboxylic acids is 4. The number of rotatable bonds is 10. The Kier molecular flexibility index (Phi) is 12.2. The molecular weight excluding hydrogens is 498 g/mol. The molecule has 2 aliphatic rings. The second kappa shape index (κ2) is 14.4. The van der Waals surface area contributed by atoms with Crippen molar-refractivity contribution in [2.45, 2.75) is 97.3 Å². The van der Waals surface area contributed by atoms with Gasteiger partial charge in [-0.1, -0.05) is 41.0 Å². The third-order valence-electron chi connectivity index (χ3n) is 8.29. The summed E-state index contributed by atoms with van der Waals surface area (Å²) in [6.45, 7) is 12.1. The summed E-state index contributed by atoms with van der Waals surface area (Å²) >= 11 is 0. The van der Waals surface area contributed by atoms with Crippen LogP contribution in [-0.2, 0) is 23.9 Å². The van der Waals surface area contributed by atoms with Gasteiger partial charge in [0, 0.05) is 26.2 Å². The van der Waals surface area contributed by atoms with E-state index >= 15 is 0 Å². The van der Waals surface area contributed by atoms with Crippen LogP contribution in [0.25, 0.3) is 0 Å². The molecule has 3 amide bonds. The largest absolute Gasteiger partial charge is 0.467 e. The predicted molar refractivity (Wildman–Crippen MR) is 152 cm³/mol. The number of ether oxygens (including phenoxy) is 1. The number of nitrogens with one attached hydrogen (secondary N) is 1. The van der Waals surface area contributed by atoms with Crippen molar-refractivity contribution in [2.24, 2.45) is 11.3 Å². The molecule has 0 aromatic carbocycles. The highest BCUT2D eigenvalue weighted by Gasteiger charge is 2.40. The van der Waals surface area contributed by atoms with Crippen molar-refractivity contribution in [2.75, 3.05) is 54.4 Å². The summed E-state index contributed by atoms with van der Waals surface area (Å²) in [4.78, 5) is 59.9. The molecule has 39 heavy (non-hydrogen) atoms. The van der Waals surface area contributed by atoms with Crippen LogP contribution in [0, 0.1) is 11.3 Å². The fraction of sp³-hybridized carbons (Fsp3) is 0.862. The average molecular weight is 552 g/mol. The molecule has 2 heterocycles. The third kappa shape index (κ3) is 8.90. The van der Waals surface area contributed by atoms with Crippen molar-refractivity contribution in [3.63, 3.8) is 0 Å². The lowest BCUT2D eigenvalue weighted by atomic mass is 9.84. The third-order valence-corrected chi connectivity index (χ3v) is 8.29. The van der Waals surface area contributed by atoms with Crippen LogP contribution in [0.2, 0.25) is 0 Å². The minimum Gasteiger partial charge on any atom is -0.467 e. The molecule has 10 nitrogen and oxygen atoms in total. The number of hydrogen-bond acceptors (Lipinski definition) is 7. The van der Waals surface area contributed by atoms with Gasteiger partial charge in [-0.15, -0.1) is 0 Å². The molecule has 4 atom stereocenters. The number of carbonyl (C=O) groups is 4. The van der Waals surface area contributed by atoms with Crippen LogP contribution in [0.3, 0.4) is 0 Å². The Balaban J connectivity index is 2.11. The zero-order chi connectivity index (χ0) is 29.5. The van der Waals surface area contributed by atoms with Gasteiger partial charge in [-0.2, -0.15) is 0 Å². The number of methoxy groups -OCH3 is 1. The van der Waals surface area contributed by atoms with Gasteiger partial charge in [0.15, 0.2) is 0 Å². The monoisotopic (exact) mass is 551 g/mol. The molecule has 0 saturated carbocycles. The Labute approximate surface area is 235 Å². The minimum absolute atomic E-state index is 0.0932. The van der Waals surface area contributed by atoms with Crippen LogP contribution in [0.15, 0.2) is 0 Å². The Hall–Kier alpha value is -2.20. The highest BCUT2D eigenvalue weighted by atomic mass is 16.5. The van der Waals surface area contributed by atoms with E-state index in [0.29, 0.717) is 19.5 Å². The molecule has 0 radical (unpaired) electrons. The van der Waals surface area contributed by atoms with E-state index in [0.717, 1.165) is 38.6 Å². The summed E-state index contributed by atoms with van der Waals surface area (Å²) in [5.41, 5.74) is -0.477. The van der Waals surface area contributed by atoms with Crippen LogP contribution in [0.5, 0.6) is 0 Å². The average Bonchev–Trinajstić information content (AvgIpc) is 2.88. The van der Waals surface area contributed by atoms with E-state index in [9.17, 15) is 19.2 Å². The molecule has 2 rings (SSSR count). The molecule has 0 bridgehead atoms. The second-order valence-electron chi connectivity index (χ2n) is 12.9. The van der Waals surface area contributed by atoms with Crippen molar-refractivity contribution in [1.29, 1.82) is 0 Å². The van der Waals surface area contributed by atoms with E-state index in [1.165, 1.54) is 7.11 Å². The van der Waals surface area contributed by atoms with E-state index in [2.05, 4.69) is 24.1 Å². The van der Waals surface area contributed by atoms with Crippen molar-refractivity contribution in [1.82, 2.24) is 24.9 Å². The van der Waals surface area contributed by atoms with Gasteiger partial charge in [-0.25, -0.2) is 4.79 Å². The van der Waals surface area contributed by atoms with Crippen LogP contribution < -0.4 is 5.32 Å². The molecule has 0 aromatic rings. The fourth-order valence-electron chi connectivity index (χ4n) is 5.76. The first-order valence-corrected chi connectivity index (χ1v) is 14.5. The van der Waals surface area contributed by atoms with E-state index in [1.807, 2.05) is 39.8 Å². The standard InChI is InChI=1S/C29H53N5O5/c1-20(2)23(18-31(6)19-24(35)34-17-13-11-15-22(34)28(38)39-9)33(8)27(37)25(29(3,4)5)30-26(36)21-14-10-12-16-32(21)7/h20-23,25H,10-19H2,1-9H3,(H,30,36)/t21?,22-,23+,25?/m0/s1. The number of likely N-dealkylation sites (tertiary alicyclic amines) is 2. The molecule has 2 aliphatic heterocycles. The number of amides is 3. The fourth-order valence-corrected chi connectivity index (χ4v) is 5.76. The SMILES string of the molecule is COC(=O)[C@@H]1CCCCN1C(=O)CN(C)C[C@H](C(C)C)N(C)C(=O)C(NC(=O)C1CCCCN1C)C(C)(C)C. The van der Waals surface area contributed by atoms with Crippen LogP contribution in [0.4, 0.5) is 0 Å². The van der Waals surface area contributed by atoms with Crippen molar-refractivity contribution in [3.8, 4) is 0 Å². The Morgan fingerprint density at radius 3 is 2.10 bits per heavy atom. The number of nitrogens with zero attached hydrogens (tertiary/aromatic N) is 4. The summed E-state index contributed by atoms with van der Waals surface area (Å²) in [5.74, 6) is -0.583. The first-order chi connectivity index (χ1) is 18.2. The van der Waals surface area contributed by atoms with Crippen molar-refractivity contribution >= 4 is 23.7 Å². The first kappa shape index (κ1) is 33.0. The lowest BCUT2D eigenvalue weighted by Crippen LogP contribution is -2.60. The smallest absolute Gasteiger partial charge is 0.328 e.